The first-order chi connectivity index (χ1) is 28.6. The molecule has 3 aromatic carbocycles. The van der Waals surface area contributed by atoms with Crippen LogP contribution in [0.4, 0.5) is 0 Å². The summed E-state index contributed by atoms with van der Waals surface area (Å²) in [5.41, 5.74) is 5.29. The third-order valence-electron chi connectivity index (χ3n) is 12.5. The van der Waals surface area contributed by atoms with E-state index < -0.39 is 5.60 Å². The number of benzene rings is 3. The van der Waals surface area contributed by atoms with Crippen molar-refractivity contribution in [2.75, 3.05) is 0 Å². The van der Waals surface area contributed by atoms with Crippen LogP contribution in [0.1, 0.15) is 221 Å². The quantitative estimate of drug-likeness (QED) is 0.0366. The second-order valence-electron chi connectivity index (χ2n) is 17.5. The van der Waals surface area contributed by atoms with Crippen LogP contribution in [-0.4, -0.2) is 5.11 Å². The lowest BCUT2D eigenvalue weighted by atomic mass is 9.77. The minimum absolute atomic E-state index is 0.920. The molecule has 0 saturated carbocycles. The largest absolute Gasteiger partial charge is 0.376 e. The average Bonchev–Trinajstić information content (AvgIpc) is 3.79. The maximum absolute atomic E-state index is 13.1. The van der Waals surface area contributed by atoms with Crippen LogP contribution in [0.25, 0.3) is 10.4 Å². The summed E-state index contributed by atoms with van der Waals surface area (Å²) in [6.07, 6.45) is 41.0. The molecule has 0 aliphatic rings. The molecule has 0 amide bonds. The van der Waals surface area contributed by atoms with Crippen LogP contribution in [0.3, 0.4) is 0 Å². The summed E-state index contributed by atoms with van der Waals surface area (Å²) in [5, 5.41) is 15.2. The van der Waals surface area contributed by atoms with Crippen LogP contribution >= 0.6 is 27.3 Å². The summed E-state index contributed by atoms with van der Waals surface area (Å²) >= 11 is 5.49. The minimum Gasteiger partial charge on any atom is -0.376 e. The predicted octanol–water partition coefficient (Wildman–Crippen LogP) is 18.5. The molecule has 1 heterocycles. The molecular formula is C55H81BrOS. The van der Waals surface area contributed by atoms with Gasteiger partial charge in [0.25, 0.3) is 0 Å². The van der Waals surface area contributed by atoms with Gasteiger partial charge < -0.3 is 5.11 Å². The molecule has 4 rings (SSSR count). The summed E-state index contributed by atoms with van der Waals surface area (Å²) < 4.78 is 0.977. The first-order valence-corrected chi connectivity index (χ1v) is 26.0. The molecule has 0 fully saturated rings. The fourth-order valence-electron chi connectivity index (χ4n) is 8.81. The molecule has 0 radical (unpaired) electrons. The zero-order valence-corrected chi connectivity index (χ0v) is 39.4. The molecule has 58 heavy (non-hydrogen) atoms. The Morgan fingerprint density at radius 3 is 1.16 bits per heavy atom. The standard InChI is InChI=1S/C55H81BrOS/c1-3-5-7-9-11-13-15-17-19-21-23-25-27-29-32-47-35-39-49(40-36-47)55(57,53-46-51(56)43-44-52(53)54-34-31-45-58-54)50-41-37-48(38-42-50)33-30-28-26-24-22-20-18-16-14-12-10-8-6-4-2/h31,34-46,57H,3-30,32-33H2,1-2H3. The summed E-state index contributed by atoms with van der Waals surface area (Å²) in [4.78, 5) is 1.17. The molecule has 0 unspecified atom stereocenters. The number of aliphatic hydroxyl groups is 1. The van der Waals surface area contributed by atoms with E-state index in [9.17, 15) is 5.11 Å². The Morgan fingerprint density at radius 2 is 0.810 bits per heavy atom. The monoisotopic (exact) mass is 869 g/mol. The van der Waals surface area contributed by atoms with E-state index in [1.165, 1.54) is 196 Å². The van der Waals surface area contributed by atoms with E-state index in [4.69, 9.17) is 0 Å². The normalized spacial score (nSPS) is 11.8. The number of thiophene rings is 1. The zero-order valence-electron chi connectivity index (χ0n) is 37.0. The van der Waals surface area contributed by atoms with Crippen LogP contribution in [0, 0.1) is 0 Å². The van der Waals surface area contributed by atoms with E-state index in [2.05, 4.69) is 114 Å². The van der Waals surface area contributed by atoms with Gasteiger partial charge in [-0.15, -0.1) is 11.3 Å². The Balaban J connectivity index is 1.27. The first-order valence-electron chi connectivity index (χ1n) is 24.3. The molecule has 320 valence electrons. The van der Waals surface area contributed by atoms with Crippen LogP contribution in [0.15, 0.2) is 88.7 Å². The Bertz CT molecular complexity index is 1500. The van der Waals surface area contributed by atoms with Gasteiger partial charge >= 0.3 is 0 Å². The highest BCUT2D eigenvalue weighted by Crippen LogP contribution is 2.44. The van der Waals surface area contributed by atoms with E-state index >= 15 is 0 Å². The average molecular weight is 870 g/mol. The van der Waals surface area contributed by atoms with Crippen LogP contribution in [0.5, 0.6) is 0 Å². The Morgan fingerprint density at radius 1 is 0.448 bits per heavy atom. The number of aryl methyl sites for hydroxylation is 2. The second-order valence-corrected chi connectivity index (χ2v) is 19.3. The molecule has 0 spiro atoms. The summed E-state index contributed by atoms with van der Waals surface area (Å²) in [7, 11) is 0. The fourth-order valence-corrected chi connectivity index (χ4v) is 9.94. The number of hydrogen-bond acceptors (Lipinski definition) is 2. The van der Waals surface area contributed by atoms with Crippen LogP contribution in [0.2, 0.25) is 0 Å². The highest BCUT2D eigenvalue weighted by Gasteiger charge is 2.36. The van der Waals surface area contributed by atoms with Gasteiger partial charge in [0.1, 0.15) is 5.60 Å². The highest BCUT2D eigenvalue weighted by atomic mass is 79.9. The van der Waals surface area contributed by atoms with Gasteiger partial charge in [-0.05, 0) is 77.1 Å². The predicted molar refractivity (Wildman–Crippen MR) is 260 cm³/mol. The van der Waals surface area contributed by atoms with Gasteiger partial charge in [-0.2, -0.15) is 0 Å². The second kappa shape index (κ2) is 29.9. The van der Waals surface area contributed by atoms with Gasteiger partial charge in [0.15, 0.2) is 0 Å². The van der Waals surface area contributed by atoms with Crippen molar-refractivity contribution in [3.05, 3.63) is 117 Å². The van der Waals surface area contributed by atoms with Crippen molar-refractivity contribution in [1.29, 1.82) is 0 Å². The highest BCUT2D eigenvalue weighted by molar-refractivity contribution is 9.10. The van der Waals surface area contributed by atoms with E-state index in [-0.39, 0.29) is 0 Å². The van der Waals surface area contributed by atoms with Gasteiger partial charge in [0.2, 0.25) is 0 Å². The smallest absolute Gasteiger partial charge is 0.141 e. The Labute approximate surface area is 369 Å². The van der Waals surface area contributed by atoms with E-state index in [1.54, 1.807) is 11.3 Å². The van der Waals surface area contributed by atoms with Crippen LogP contribution in [-0.2, 0) is 18.4 Å². The topological polar surface area (TPSA) is 20.2 Å². The summed E-state index contributed by atoms with van der Waals surface area (Å²) in [6, 6.07) is 28.4. The molecule has 1 nitrogen and oxygen atoms in total. The van der Waals surface area contributed by atoms with Gasteiger partial charge in [0, 0.05) is 14.9 Å². The lowest BCUT2D eigenvalue weighted by molar-refractivity contribution is 0.126. The Hall–Kier alpha value is -2.20. The SMILES string of the molecule is CCCCCCCCCCCCCCCCc1ccc(C(O)(c2ccc(CCCCCCCCCCCCCCCC)cc2)c2cc(Br)ccc2-c2cccs2)cc1. The number of rotatable bonds is 34. The van der Waals surface area contributed by atoms with Crippen molar-refractivity contribution in [2.24, 2.45) is 0 Å². The van der Waals surface area contributed by atoms with Gasteiger partial charge in [0.05, 0.1) is 0 Å². The molecule has 3 heteroatoms. The third kappa shape index (κ3) is 17.8. The summed E-state index contributed by atoms with van der Waals surface area (Å²) in [6.45, 7) is 4.60. The lowest BCUT2D eigenvalue weighted by Crippen LogP contribution is -2.29. The van der Waals surface area contributed by atoms with E-state index in [0.717, 1.165) is 39.6 Å². The van der Waals surface area contributed by atoms with Crippen molar-refractivity contribution >= 4 is 27.3 Å². The van der Waals surface area contributed by atoms with Crippen molar-refractivity contribution < 1.29 is 5.11 Å². The van der Waals surface area contributed by atoms with Crippen molar-refractivity contribution in [1.82, 2.24) is 0 Å². The molecule has 0 aliphatic heterocycles. The number of halogens is 1. The van der Waals surface area contributed by atoms with Crippen molar-refractivity contribution in [3.63, 3.8) is 0 Å². The van der Waals surface area contributed by atoms with Gasteiger partial charge in [-0.25, -0.2) is 0 Å². The number of hydrogen-bond donors (Lipinski definition) is 1. The first kappa shape index (κ1) is 48.5. The number of unbranched alkanes of at least 4 members (excludes halogenated alkanes) is 26. The molecule has 0 saturated heterocycles. The maximum atomic E-state index is 13.1. The lowest BCUT2D eigenvalue weighted by Gasteiger charge is -2.32. The maximum Gasteiger partial charge on any atom is 0.141 e. The molecule has 4 aromatic rings. The van der Waals surface area contributed by atoms with Crippen molar-refractivity contribution in [3.8, 4) is 10.4 Å². The molecule has 1 N–H and O–H groups in total. The molecule has 0 aliphatic carbocycles. The fraction of sp³-hybridized carbons (Fsp3) is 0.600. The van der Waals surface area contributed by atoms with Crippen molar-refractivity contribution in [2.45, 2.75) is 212 Å². The molecule has 1 aromatic heterocycles. The molecule has 0 atom stereocenters. The minimum atomic E-state index is -1.29. The van der Waals surface area contributed by atoms with Gasteiger partial charge in [-0.1, -0.05) is 257 Å². The summed E-state index contributed by atoms with van der Waals surface area (Å²) in [5.74, 6) is 0. The molecule has 0 bridgehead atoms. The third-order valence-corrected chi connectivity index (χ3v) is 13.9. The van der Waals surface area contributed by atoms with Crippen LogP contribution < -0.4 is 0 Å². The molecular weight excluding hydrogens is 789 g/mol. The van der Waals surface area contributed by atoms with E-state index in [0.29, 0.717) is 0 Å². The van der Waals surface area contributed by atoms with E-state index in [1.807, 2.05) is 0 Å². The van der Waals surface area contributed by atoms with Gasteiger partial charge in [-0.3, -0.25) is 0 Å². The zero-order chi connectivity index (χ0) is 40.9. The Kier molecular flexibility index (Phi) is 25.0.